The Labute approximate surface area is 151 Å². The first kappa shape index (κ1) is 19.1. The highest BCUT2D eigenvalue weighted by Crippen LogP contribution is 2.13. The number of ether oxygens (including phenoxy) is 2. The Balaban J connectivity index is 1.95. The maximum atomic E-state index is 11.4. The average molecular weight is 352 g/mol. The molecule has 0 aliphatic rings. The van der Waals surface area contributed by atoms with Gasteiger partial charge in [-0.15, -0.1) is 0 Å². The molecule has 2 rings (SSSR count). The quantitative estimate of drug-likeness (QED) is 0.588. The molecule has 0 amide bonds. The summed E-state index contributed by atoms with van der Waals surface area (Å²) in [4.78, 5) is 22.8. The minimum absolute atomic E-state index is 0.386. The standard InChI is InChI=1S/C20H20N2O4/c1-25-19(23)15-7-3-13(4-8-15)17(21)11-12-18(22)14-5-9-16(10-6-14)20(24)26-2/h3-10,21-22H,11-12H2,1-2H3. The molecule has 0 saturated heterocycles. The Bertz CT molecular complexity index is 752. The highest BCUT2D eigenvalue weighted by atomic mass is 16.5. The minimum Gasteiger partial charge on any atom is -0.465 e. The first-order chi connectivity index (χ1) is 12.5. The molecule has 0 saturated carbocycles. The van der Waals surface area contributed by atoms with Crippen molar-refractivity contribution in [3.63, 3.8) is 0 Å². The summed E-state index contributed by atoms with van der Waals surface area (Å²) in [6.07, 6.45) is 0.796. The number of hydrogen-bond donors (Lipinski definition) is 2. The molecule has 26 heavy (non-hydrogen) atoms. The van der Waals surface area contributed by atoms with E-state index >= 15 is 0 Å². The van der Waals surface area contributed by atoms with E-state index in [1.807, 2.05) is 0 Å². The zero-order chi connectivity index (χ0) is 19.1. The number of rotatable bonds is 7. The first-order valence-electron chi connectivity index (χ1n) is 7.98. The average Bonchev–Trinajstić information content (AvgIpc) is 2.70. The van der Waals surface area contributed by atoms with Crippen LogP contribution in [0.2, 0.25) is 0 Å². The normalized spacial score (nSPS) is 10.1. The lowest BCUT2D eigenvalue weighted by Crippen LogP contribution is -2.07. The van der Waals surface area contributed by atoms with Crippen molar-refractivity contribution in [3.8, 4) is 0 Å². The molecule has 0 aliphatic carbocycles. The molecule has 6 heteroatoms. The van der Waals surface area contributed by atoms with Gasteiger partial charge in [0.2, 0.25) is 0 Å². The summed E-state index contributed by atoms with van der Waals surface area (Å²) in [6.45, 7) is 0. The predicted octanol–water partition coefficient (Wildman–Crippen LogP) is 3.48. The highest BCUT2D eigenvalue weighted by Gasteiger charge is 2.10. The Kier molecular flexibility index (Phi) is 6.38. The van der Waals surface area contributed by atoms with Crippen LogP contribution in [0.3, 0.4) is 0 Å². The molecular formula is C20H20N2O4. The van der Waals surface area contributed by atoms with E-state index in [9.17, 15) is 9.59 Å². The first-order valence-corrected chi connectivity index (χ1v) is 7.98. The van der Waals surface area contributed by atoms with Crippen molar-refractivity contribution in [1.82, 2.24) is 0 Å². The van der Waals surface area contributed by atoms with Gasteiger partial charge in [0.15, 0.2) is 0 Å². The van der Waals surface area contributed by atoms with Crippen molar-refractivity contribution in [2.75, 3.05) is 14.2 Å². The van der Waals surface area contributed by atoms with Gasteiger partial charge in [-0.05, 0) is 48.2 Å². The van der Waals surface area contributed by atoms with Crippen LogP contribution >= 0.6 is 0 Å². The van der Waals surface area contributed by atoms with Crippen molar-refractivity contribution in [3.05, 3.63) is 70.8 Å². The third-order valence-corrected chi connectivity index (χ3v) is 3.93. The van der Waals surface area contributed by atoms with Gasteiger partial charge in [-0.25, -0.2) is 9.59 Å². The van der Waals surface area contributed by atoms with Crippen molar-refractivity contribution >= 4 is 23.4 Å². The molecule has 2 N–H and O–H groups in total. The molecule has 0 spiro atoms. The molecule has 6 nitrogen and oxygen atoms in total. The van der Waals surface area contributed by atoms with E-state index in [1.165, 1.54) is 14.2 Å². The lowest BCUT2D eigenvalue weighted by atomic mass is 9.99. The molecule has 134 valence electrons. The zero-order valence-electron chi connectivity index (χ0n) is 14.7. The van der Waals surface area contributed by atoms with Gasteiger partial charge in [-0.1, -0.05) is 24.3 Å². The van der Waals surface area contributed by atoms with Crippen molar-refractivity contribution in [1.29, 1.82) is 10.8 Å². The fourth-order valence-electron chi connectivity index (χ4n) is 2.39. The summed E-state index contributed by atoms with van der Waals surface area (Å²) in [5.74, 6) is -0.833. The van der Waals surface area contributed by atoms with Crippen LogP contribution < -0.4 is 0 Å². The van der Waals surface area contributed by atoms with Crippen LogP contribution in [0.5, 0.6) is 0 Å². The largest absolute Gasteiger partial charge is 0.465 e. The molecule has 0 atom stereocenters. The fourth-order valence-corrected chi connectivity index (χ4v) is 2.39. The van der Waals surface area contributed by atoms with E-state index in [2.05, 4.69) is 9.47 Å². The lowest BCUT2D eigenvalue weighted by molar-refractivity contribution is 0.0592. The predicted molar refractivity (Wildman–Crippen MR) is 98.5 cm³/mol. The maximum absolute atomic E-state index is 11.4. The molecule has 0 unspecified atom stereocenters. The number of hydrogen-bond acceptors (Lipinski definition) is 6. The van der Waals surface area contributed by atoms with Crippen LogP contribution in [-0.2, 0) is 9.47 Å². The number of benzene rings is 2. The molecule has 0 aromatic heterocycles. The molecule has 0 fully saturated rings. The topological polar surface area (TPSA) is 100 Å². The van der Waals surface area contributed by atoms with E-state index in [4.69, 9.17) is 10.8 Å². The van der Waals surface area contributed by atoms with Crippen LogP contribution in [-0.4, -0.2) is 37.6 Å². The van der Waals surface area contributed by atoms with Gasteiger partial charge in [0.25, 0.3) is 0 Å². The molecule has 0 heterocycles. The SMILES string of the molecule is COC(=O)c1ccc(C(=N)CCC(=N)c2ccc(C(=O)OC)cc2)cc1. The molecular weight excluding hydrogens is 332 g/mol. The number of carbonyl (C=O) groups is 2. The Morgan fingerprint density at radius 3 is 1.19 bits per heavy atom. The van der Waals surface area contributed by atoms with Crippen LogP contribution in [0.1, 0.15) is 44.7 Å². The van der Waals surface area contributed by atoms with Gasteiger partial charge in [0, 0.05) is 11.4 Å². The van der Waals surface area contributed by atoms with Gasteiger partial charge in [-0.2, -0.15) is 0 Å². The zero-order valence-corrected chi connectivity index (χ0v) is 14.7. The lowest BCUT2D eigenvalue weighted by Gasteiger charge is -2.08. The summed E-state index contributed by atoms with van der Waals surface area (Å²) in [5, 5.41) is 16.3. The minimum atomic E-state index is -0.416. The second kappa shape index (κ2) is 8.71. The number of carbonyl (C=O) groups excluding carboxylic acids is 2. The molecule has 0 bridgehead atoms. The highest BCUT2D eigenvalue weighted by molar-refractivity contribution is 6.05. The Hall–Kier alpha value is -3.28. The molecule has 2 aromatic carbocycles. The fraction of sp³-hybridized carbons (Fsp3) is 0.200. The van der Waals surface area contributed by atoms with Crippen LogP contribution in [0.25, 0.3) is 0 Å². The summed E-state index contributed by atoms with van der Waals surface area (Å²) < 4.78 is 9.29. The molecule has 2 aromatic rings. The van der Waals surface area contributed by atoms with Gasteiger partial charge < -0.3 is 20.3 Å². The van der Waals surface area contributed by atoms with Gasteiger partial charge in [0.1, 0.15) is 0 Å². The van der Waals surface area contributed by atoms with Crippen LogP contribution in [0, 0.1) is 10.8 Å². The Morgan fingerprint density at radius 2 is 0.923 bits per heavy atom. The number of esters is 2. The summed E-state index contributed by atoms with van der Waals surface area (Å²) >= 11 is 0. The molecule has 0 radical (unpaired) electrons. The summed E-state index contributed by atoms with van der Waals surface area (Å²) in [7, 11) is 2.64. The van der Waals surface area contributed by atoms with Crippen molar-refractivity contribution < 1.29 is 19.1 Å². The van der Waals surface area contributed by atoms with E-state index in [1.54, 1.807) is 48.5 Å². The smallest absolute Gasteiger partial charge is 0.337 e. The van der Waals surface area contributed by atoms with E-state index < -0.39 is 11.9 Å². The van der Waals surface area contributed by atoms with Gasteiger partial charge >= 0.3 is 11.9 Å². The van der Waals surface area contributed by atoms with E-state index in [0.717, 1.165) is 0 Å². The molecule has 0 aliphatic heterocycles. The number of methoxy groups -OCH3 is 2. The van der Waals surface area contributed by atoms with E-state index in [-0.39, 0.29) is 0 Å². The third-order valence-electron chi connectivity index (χ3n) is 3.93. The summed E-state index contributed by atoms with van der Waals surface area (Å²) in [6, 6.07) is 13.3. The monoisotopic (exact) mass is 352 g/mol. The maximum Gasteiger partial charge on any atom is 0.337 e. The van der Waals surface area contributed by atoms with Gasteiger partial charge in [0.05, 0.1) is 25.3 Å². The summed E-state index contributed by atoms with van der Waals surface area (Å²) in [5.41, 5.74) is 3.04. The van der Waals surface area contributed by atoms with Crippen LogP contribution in [0.4, 0.5) is 0 Å². The second-order valence-corrected chi connectivity index (χ2v) is 5.59. The van der Waals surface area contributed by atoms with Crippen LogP contribution in [0.15, 0.2) is 48.5 Å². The second-order valence-electron chi connectivity index (χ2n) is 5.59. The Morgan fingerprint density at radius 1 is 0.654 bits per heavy atom. The van der Waals surface area contributed by atoms with Crippen molar-refractivity contribution in [2.45, 2.75) is 12.8 Å². The van der Waals surface area contributed by atoms with Gasteiger partial charge in [-0.3, -0.25) is 0 Å². The van der Waals surface area contributed by atoms with E-state index in [0.29, 0.717) is 46.5 Å². The number of nitrogens with one attached hydrogen (secondary N) is 2. The third kappa shape index (κ3) is 4.63. The van der Waals surface area contributed by atoms with Crippen molar-refractivity contribution in [2.24, 2.45) is 0 Å².